The lowest BCUT2D eigenvalue weighted by Gasteiger charge is -2.06. The number of phenols is 2. The number of hydrogen-bond acceptors (Lipinski definition) is 5. The molecule has 0 radical (unpaired) electrons. The summed E-state index contributed by atoms with van der Waals surface area (Å²) in [6.45, 7) is 0.253. The van der Waals surface area contributed by atoms with E-state index in [2.05, 4.69) is 15.9 Å². The Morgan fingerprint density at radius 3 is 2.60 bits per heavy atom. The molecule has 150 valence electrons. The zero-order valence-electron chi connectivity index (χ0n) is 15.7. The van der Waals surface area contributed by atoms with Gasteiger partial charge in [-0.2, -0.15) is 0 Å². The lowest BCUT2D eigenvalue weighted by atomic mass is 10.1. The van der Waals surface area contributed by atoms with E-state index in [4.69, 9.17) is 9.15 Å². The Hall–Kier alpha value is -3.51. The molecule has 0 spiro atoms. The number of carbonyl (C=O) groups is 1. The molecular formula is C24H17BrO5. The van der Waals surface area contributed by atoms with Crippen molar-refractivity contribution in [1.29, 1.82) is 0 Å². The van der Waals surface area contributed by atoms with Crippen molar-refractivity contribution in [3.8, 4) is 17.2 Å². The minimum atomic E-state index is -0.399. The van der Waals surface area contributed by atoms with Gasteiger partial charge in [-0.1, -0.05) is 28.1 Å². The highest BCUT2D eigenvalue weighted by atomic mass is 79.9. The van der Waals surface area contributed by atoms with Gasteiger partial charge in [0.05, 0.1) is 5.56 Å². The Balaban J connectivity index is 1.40. The van der Waals surface area contributed by atoms with Crippen LogP contribution in [0.1, 0.15) is 21.9 Å². The molecule has 0 saturated carbocycles. The lowest BCUT2D eigenvalue weighted by Crippen LogP contribution is -1.94. The summed E-state index contributed by atoms with van der Waals surface area (Å²) < 4.78 is 12.5. The van der Waals surface area contributed by atoms with Crippen LogP contribution in [0.3, 0.4) is 0 Å². The van der Waals surface area contributed by atoms with Crippen LogP contribution in [0.5, 0.6) is 17.2 Å². The molecule has 4 rings (SSSR count). The molecule has 0 aliphatic heterocycles. The normalized spacial score (nSPS) is 11.2. The average Bonchev–Trinajstić information content (AvgIpc) is 3.18. The number of ether oxygens (including phenoxy) is 1. The van der Waals surface area contributed by atoms with E-state index in [1.54, 1.807) is 12.1 Å². The first-order valence-electron chi connectivity index (χ1n) is 9.13. The highest BCUT2D eigenvalue weighted by molar-refractivity contribution is 9.10. The molecular weight excluding hydrogens is 448 g/mol. The molecule has 0 atom stereocenters. The summed E-state index contributed by atoms with van der Waals surface area (Å²) in [5.41, 5.74) is 0.0995. The highest BCUT2D eigenvalue weighted by Crippen LogP contribution is 2.25. The maximum absolute atomic E-state index is 12.2. The van der Waals surface area contributed by atoms with Crippen molar-refractivity contribution in [3.05, 3.63) is 94.4 Å². The first-order valence-corrected chi connectivity index (χ1v) is 9.92. The van der Waals surface area contributed by atoms with Crippen molar-refractivity contribution in [1.82, 2.24) is 0 Å². The van der Waals surface area contributed by atoms with Crippen LogP contribution in [0, 0.1) is 0 Å². The van der Waals surface area contributed by atoms with Gasteiger partial charge in [0, 0.05) is 10.5 Å². The summed E-state index contributed by atoms with van der Waals surface area (Å²) in [7, 11) is 0. The quantitative estimate of drug-likeness (QED) is 0.267. The largest absolute Gasteiger partial charge is 0.508 e. The zero-order valence-corrected chi connectivity index (χ0v) is 17.3. The fourth-order valence-corrected chi connectivity index (χ4v) is 3.36. The lowest BCUT2D eigenvalue weighted by molar-refractivity contribution is 0.104. The first kappa shape index (κ1) is 19.8. The molecule has 1 aromatic heterocycles. The molecule has 1 heterocycles. The van der Waals surface area contributed by atoms with Gasteiger partial charge in [0.25, 0.3) is 0 Å². The molecule has 0 fully saturated rings. The summed E-state index contributed by atoms with van der Waals surface area (Å²) in [5, 5.41) is 21.3. The number of furan rings is 1. The number of rotatable bonds is 6. The fraction of sp³-hybridized carbons (Fsp3) is 0.0417. The van der Waals surface area contributed by atoms with Crippen LogP contribution < -0.4 is 4.74 Å². The number of carbonyl (C=O) groups excluding carboxylic acids is 1. The van der Waals surface area contributed by atoms with E-state index in [0.717, 1.165) is 27.1 Å². The van der Waals surface area contributed by atoms with Crippen molar-refractivity contribution >= 4 is 38.6 Å². The van der Waals surface area contributed by atoms with Gasteiger partial charge >= 0.3 is 0 Å². The predicted molar refractivity (Wildman–Crippen MR) is 118 cm³/mol. The van der Waals surface area contributed by atoms with E-state index in [1.807, 2.05) is 36.4 Å². The van der Waals surface area contributed by atoms with Gasteiger partial charge in [-0.15, -0.1) is 0 Å². The summed E-state index contributed by atoms with van der Waals surface area (Å²) in [6, 6.07) is 19.2. The molecule has 0 aliphatic rings. The monoisotopic (exact) mass is 464 g/mol. The molecule has 3 aromatic carbocycles. The fourth-order valence-electron chi connectivity index (χ4n) is 2.98. The van der Waals surface area contributed by atoms with Crippen molar-refractivity contribution in [2.24, 2.45) is 0 Å². The topological polar surface area (TPSA) is 79.9 Å². The molecule has 30 heavy (non-hydrogen) atoms. The van der Waals surface area contributed by atoms with Gasteiger partial charge in [0.1, 0.15) is 35.4 Å². The summed E-state index contributed by atoms with van der Waals surface area (Å²) in [6.07, 6.45) is 2.82. The molecule has 0 aliphatic carbocycles. The second-order valence-corrected chi connectivity index (χ2v) is 7.56. The van der Waals surface area contributed by atoms with Gasteiger partial charge in [-0.25, -0.2) is 0 Å². The Bertz CT molecular complexity index is 1260. The van der Waals surface area contributed by atoms with E-state index < -0.39 is 5.78 Å². The van der Waals surface area contributed by atoms with Crippen LogP contribution in [0.15, 0.2) is 81.7 Å². The molecule has 2 N–H and O–H groups in total. The van der Waals surface area contributed by atoms with E-state index in [1.165, 1.54) is 24.3 Å². The van der Waals surface area contributed by atoms with Crippen molar-refractivity contribution in [3.63, 3.8) is 0 Å². The summed E-state index contributed by atoms with van der Waals surface area (Å²) in [4.78, 5) is 12.2. The van der Waals surface area contributed by atoms with Crippen LogP contribution >= 0.6 is 15.9 Å². The highest BCUT2D eigenvalue weighted by Gasteiger charge is 2.09. The number of allylic oxidation sites excluding steroid dienone is 1. The number of ketones is 1. The third kappa shape index (κ3) is 4.55. The molecule has 0 saturated heterocycles. The van der Waals surface area contributed by atoms with Crippen molar-refractivity contribution in [2.75, 3.05) is 0 Å². The average molecular weight is 465 g/mol. The Kier molecular flexibility index (Phi) is 5.59. The van der Waals surface area contributed by atoms with Crippen LogP contribution in [-0.4, -0.2) is 16.0 Å². The minimum Gasteiger partial charge on any atom is -0.508 e. The van der Waals surface area contributed by atoms with Gasteiger partial charge in [-0.3, -0.25) is 4.79 Å². The third-order valence-corrected chi connectivity index (χ3v) is 4.98. The smallest absolute Gasteiger partial charge is 0.189 e. The van der Waals surface area contributed by atoms with Crippen molar-refractivity contribution < 1.29 is 24.2 Å². The number of aromatic hydroxyl groups is 2. The van der Waals surface area contributed by atoms with E-state index in [0.29, 0.717) is 11.5 Å². The number of benzene rings is 3. The summed E-state index contributed by atoms with van der Waals surface area (Å²) in [5.74, 6) is 1.05. The number of phenolic OH excluding ortho intramolecular Hbond substituents is 2. The van der Waals surface area contributed by atoms with Gasteiger partial charge < -0.3 is 19.4 Å². The first-order chi connectivity index (χ1) is 14.5. The zero-order chi connectivity index (χ0) is 21.1. The Morgan fingerprint density at radius 2 is 1.77 bits per heavy atom. The van der Waals surface area contributed by atoms with E-state index in [9.17, 15) is 15.0 Å². The van der Waals surface area contributed by atoms with Gasteiger partial charge in [0.15, 0.2) is 5.78 Å². The third-order valence-electron chi connectivity index (χ3n) is 4.48. The van der Waals surface area contributed by atoms with Gasteiger partial charge in [0.2, 0.25) is 0 Å². The van der Waals surface area contributed by atoms with Crippen LogP contribution in [-0.2, 0) is 6.61 Å². The van der Waals surface area contributed by atoms with Crippen LogP contribution in [0.25, 0.3) is 16.8 Å². The Labute approximate surface area is 181 Å². The summed E-state index contributed by atoms with van der Waals surface area (Å²) >= 11 is 3.46. The second-order valence-electron chi connectivity index (χ2n) is 6.65. The molecule has 0 unspecified atom stereocenters. The SMILES string of the molecule is O=C(/C=C/c1ccc(COc2ccc3cc(Br)ccc3c2)o1)c1ccc(O)cc1O. The van der Waals surface area contributed by atoms with Crippen molar-refractivity contribution in [2.45, 2.75) is 6.61 Å². The maximum atomic E-state index is 12.2. The molecule has 0 bridgehead atoms. The minimum absolute atomic E-state index is 0.0995. The standard InChI is InChI=1S/C24H17BrO5/c25-17-3-1-16-12-20(5-2-15(16)11-17)29-14-21-7-6-19(30-21)8-10-23(27)22-9-4-18(26)13-24(22)28/h1-13,26,28H,14H2/b10-8+. The molecule has 0 amide bonds. The Morgan fingerprint density at radius 1 is 0.967 bits per heavy atom. The van der Waals surface area contributed by atoms with Crippen LogP contribution in [0.4, 0.5) is 0 Å². The maximum Gasteiger partial charge on any atom is 0.189 e. The number of halogens is 1. The molecule has 6 heteroatoms. The predicted octanol–water partition coefficient (Wildman–Crippen LogP) is 6.08. The number of fused-ring (bicyclic) bond motifs is 1. The van der Waals surface area contributed by atoms with Crippen LogP contribution in [0.2, 0.25) is 0 Å². The number of hydrogen-bond donors (Lipinski definition) is 2. The van der Waals surface area contributed by atoms with E-state index >= 15 is 0 Å². The molecule has 5 nitrogen and oxygen atoms in total. The van der Waals surface area contributed by atoms with Gasteiger partial charge in [-0.05, 0) is 71.5 Å². The molecule has 4 aromatic rings. The van der Waals surface area contributed by atoms with E-state index in [-0.39, 0.29) is 23.7 Å². The second kappa shape index (κ2) is 8.47.